The number of sulfonamides is 1. The van der Waals surface area contributed by atoms with Crippen molar-refractivity contribution in [3.8, 4) is 0 Å². The molecule has 0 spiro atoms. The third-order valence-electron chi connectivity index (χ3n) is 3.25. The van der Waals surface area contributed by atoms with E-state index in [0.717, 1.165) is 25.7 Å². The molecule has 0 saturated heterocycles. The lowest BCUT2D eigenvalue weighted by molar-refractivity contribution is 0.125. The average molecular weight is 203 g/mol. The van der Waals surface area contributed by atoms with Gasteiger partial charge < -0.3 is 0 Å². The highest BCUT2D eigenvalue weighted by Crippen LogP contribution is 2.35. The van der Waals surface area contributed by atoms with E-state index < -0.39 is 10.0 Å². The second-order valence-electron chi connectivity index (χ2n) is 4.26. The minimum Gasteiger partial charge on any atom is -0.212 e. The van der Waals surface area contributed by atoms with Gasteiger partial charge in [0.05, 0.1) is 6.26 Å². The number of hydrogen-bond donors (Lipinski definition) is 0. The molecule has 0 unspecified atom stereocenters. The van der Waals surface area contributed by atoms with Gasteiger partial charge in [-0.15, -0.1) is 0 Å². The van der Waals surface area contributed by atoms with Crippen LogP contribution in [0.1, 0.15) is 38.5 Å². The highest BCUT2D eigenvalue weighted by molar-refractivity contribution is 7.88. The van der Waals surface area contributed by atoms with Crippen molar-refractivity contribution >= 4 is 10.0 Å². The van der Waals surface area contributed by atoms with E-state index in [4.69, 9.17) is 0 Å². The predicted octanol–water partition coefficient (Wildman–Crippen LogP) is 1.35. The van der Waals surface area contributed by atoms with Crippen LogP contribution in [0.15, 0.2) is 0 Å². The molecule has 0 amide bonds. The Morgan fingerprint density at radius 3 is 1.54 bits per heavy atom. The second-order valence-corrected chi connectivity index (χ2v) is 6.15. The van der Waals surface area contributed by atoms with Crippen LogP contribution in [0.3, 0.4) is 0 Å². The molecule has 13 heavy (non-hydrogen) atoms. The second kappa shape index (κ2) is 3.24. The zero-order valence-electron chi connectivity index (χ0n) is 8.07. The fourth-order valence-corrected chi connectivity index (χ4v) is 3.63. The Hall–Kier alpha value is -0.0900. The third kappa shape index (κ3) is 1.74. The largest absolute Gasteiger partial charge is 0.212 e. The summed E-state index contributed by atoms with van der Waals surface area (Å²) < 4.78 is 24.8. The van der Waals surface area contributed by atoms with Crippen LogP contribution in [0.2, 0.25) is 0 Å². The van der Waals surface area contributed by atoms with Crippen LogP contribution in [0.5, 0.6) is 0 Å². The van der Waals surface area contributed by atoms with Gasteiger partial charge in [0.15, 0.2) is 0 Å². The van der Waals surface area contributed by atoms with Crippen LogP contribution in [0.25, 0.3) is 0 Å². The molecule has 0 heterocycles. The number of nitrogens with zero attached hydrogens (tertiary/aromatic N) is 1. The number of hydrogen-bond acceptors (Lipinski definition) is 2. The van der Waals surface area contributed by atoms with Crippen LogP contribution in [0.4, 0.5) is 0 Å². The minimum atomic E-state index is -2.95. The smallest absolute Gasteiger partial charge is 0.211 e. The molecule has 2 saturated carbocycles. The Labute approximate surface area is 80.2 Å². The van der Waals surface area contributed by atoms with Gasteiger partial charge in [0, 0.05) is 12.1 Å². The third-order valence-corrected chi connectivity index (χ3v) is 4.61. The highest BCUT2D eigenvalue weighted by atomic mass is 32.2. The normalized spacial score (nSPS) is 25.7. The molecule has 0 bridgehead atoms. The highest BCUT2D eigenvalue weighted by Gasteiger charge is 2.38. The van der Waals surface area contributed by atoms with Crippen LogP contribution in [-0.2, 0) is 10.0 Å². The van der Waals surface area contributed by atoms with Gasteiger partial charge in [-0.1, -0.05) is 12.8 Å². The summed E-state index contributed by atoms with van der Waals surface area (Å²) in [5.74, 6) is 0. The Kier molecular flexibility index (Phi) is 2.36. The van der Waals surface area contributed by atoms with E-state index in [1.54, 1.807) is 4.31 Å². The Morgan fingerprint density at radius 2 is 1.38 bits per heavy atom. The lowest BCUT2D eigenvalue weighted by Gasteiger charge is -2.44. The van der Waals surface area contributed by atoms with Gasteiger partial charge >= 0.3 is 0 Å². The molecule has 2 fully saturated rings. The first kappa shape index (κ1) is 9.46. The van der Waals surface area contributed by atoms with E-state index in [1.165, 1.54) is 19.1 Å². The average Bonchev–Trinajstić information content (AvgIpc) is 1.75. The van der Waals surface area contributed by atoms with Gasteiger partial charge in [0.2, 0.25) is 10.0 Å². The van der Waals surface area contributed by atoms with Crippen LogP contribution >= 0.6 is 0 Å². The topological polar surface area (TPSA) is 37.4 Å². The monoisotopic (exact) mass is 203 g/mol. The van der Waals surface area contributed by atoms with E-state index >= 15 is 0 Å². The van der Waals surface area contributed by atoms with Crippen molar-refractivity contribution in [2.45, 2.75) is 50.6 Å². The first-order chi connectivity index (χ1) is 6.09. The summed E-state index contributed by atoms with van der Waals surface area (Å²) in [5, 5.41) is 0. The van der Waals surface area contributed by atoms with Crippen molar-refractivity contribution in [2.24, 2.45) is 0 Å². The van der Waals surface area contributed by atoms with Crippen molar-refractivity contribution in [1.82, 2.24) is 4.31 Å². The van der Waals surface area contributed by atoms with Crippen molar-refractivity contribution in [3.63, 3.8) is 0 Å². The first-order valence-corrected chi connectivity index (χ1v) is 6.92. The van der Waals surface area contributed by atoms with Crippen molar-refractivity contribution in [3.05, 3.63) is 0 Å². The summed E-state index contributed by atoms with van der Waals surface area (Å²) in [6.07, 6.45) is 8.04. The quantitative estimate of drug-likeness (QED) is 0.694. The van der Waals surface area contributed by atoms with Gasteiger partial charge in [0.25, 0.3) is 0 Å². The molecule has 0 aromatic carbocycles. The van der Waals surface area contributed by atoms with Crippen LogP contribution < -0.4 is 0 Å². The molecule has 4 heteroatoms. The van der Waals surface area contributed by atoms with Gasteiger partial charge in [0.1, 0.15) is 0 Å². The Morgan fingerprint density at radius 1 is 1.00 bits per heavy atom. The lowest BCUT2D eigenvalue weighted by Crippen LogP contribution is -2.52. The maximum Gasteiger partial charge on any atom is 0.211 e. The summed E-state index contributed by atoms with van der Waals surface area (Å²) in [6.45, 7) is 0. The van der Waals surface area contributed by atoms with E-state index in [-0.39, 0.29) is 0 Å². The van der Waals surface area contributed by atoms with Gasteiger partial charge in [-0.25, -0.2) is 8.42 Å². The Balaban J connectivity index is 2.10. The lowest BCUT2D eigenvalue weighted by atomic mass is 9.87. The van der Waals surface area contributed by atoms with E-state index in [1.807, 2.05) is 0 Å². The molecule has 2 aliphatic carbocycles. The molecule has 2 rings (SSSR count). The fraction of sp³-hybridized carbons (Fsp3) is 1.00. The van der Waals surface area contributed by atoms with Crippen molar-refractivity contribution in [1.29, 1.82) is 0 Å². The predicted molar refractivity (Wildman–Crippen MR) is 52.0 cm³/mol. The van der Waals surface area contributed by atoms with Crippen LogP contribution in [0, 0.1) is 0 Å². The van der Waals surface area contributed by atoms with E-state index in [2.05, 4.69) is 0 Å². The summed E-state index contributed by atoms with van der Waals surface area (Å²) in [7, 11) is -2.95. The van der Waals surface area contributed by atoms with Gasteiger partial charge in [-0.2, -0.15) is 4.31 Å². The Bertz CT molecular complexity index is 264. The molecule has 0 aromatic rings. The fourth-order valence-electron chi connectivity index (χ4n) is 2.12. The minimum absolute atomic E-state index is 0.334. The maximum atomic E-state index is 11.5. The molecular formula is C9H17NO2S. The van der Waals surface area contributed by atoms with Gasteiger partial charge in [-0.3, -0.25) is 0 Å². The van der Waals surface area contributed by atoms with E-state index in [9.17, 15) is 8.42 Å². The van der Waals surface area contributed by atoms with Crippen LogP contribution in [-0.4, -0.2) is 31.1 Å². The molecule has 0 aromatic heterocycles. The SMILES string of the molecule is CS(=O)(=O)N(C1CCC1)C1CCC1. The summed E-state index contributed by atoms with van der Waals surface area (Å²) in [5.41, 5.74) is 0. The van der Waals surface area contributed by atoms with E-state index in [0.29, 0.717) is 12.1 Å². The molecule has 0 aliphatic heterocycles. The molecule has 0 atom stereocenters. The van der Waals surface area contributed by atoms with Crippen molar-refractivity contribution in [2.75, 3.05) is 6.26 Å². The van der Waals surface area contributed by atoms with Crippen molar-refractivity contribution < 1.29 is 8.42 Å². The maximum absolute atomic E-state index is 11.5. The molecule has 2 aliphatic rings. The molecule has 0 N–H and O–H groups in total. The standard InChI is InChI=1S/C9H17NO2S/c1-13(11,12)10(8-4-2-5-8)9-6-3-7-9/h8-9H,2-7H2,1H3. The number of rotatable bonds is 3. The zero-order valence-corrected chi connectivity index (χ0v) is 8.89. The molecular weight excluding hydrogens is 186 g/mol. The van der Waals surface area contributed by atoms with Gasteiger partial charge in [-0.05, 0) is 25.7 Å². The summed E-state index contributed by atoms with van der Waals surface area (Å²) in [4.78, 5) is 0. The summed E-state index contributed by atoms with van der Waals surface area (Å²) in [6, 6.07) is 0.667. The summed E-state index contributed by atoms with van der Waals surface area (Å²) >= 11 is 0. The molecule has 0 radical (unpaired) electrons. The first-order valence-electron chi connectivity index (χ1n) is 5.07. The molecule has 76 valence electrons. The molecule has 3 nitrogen and oxygen atoms in total. The zero-order chi connectivity index (χ0) is 9.47.